The topological polar surface area (TPSA) is 106 Å². The van der Waals surface area contributed by atoms with Crippen molar-refractivity contribution in [2.24, 2.45) is 0 Å². The monoisotopic (exact) mass is 337 g/mol. The number of benzene rings is 1. The van der Waals surface area contributed by atoms with Gasteiger partial charge in [0.2, 0.25) is 0 Å². The number of nitrogens with one attached hydrogen (secondary N) is 2. The summed E-state index contributed by atoms with van der Waals surface area (Å²) in [6, 6.07) is 7.14. The molecule has 0 saturated heterocycles. The number of nitrogens with zero attached hydrogens (tertiary/aromatic N) is 3. The third kappa shape index (κ3) is 2.44. The van der Waals surface area contributed by atoms with Gasteiger partial charge in [-0.1, -0.05) is 0 Å². The smallest absolute Gasteiger partial charge is 0.259 e. The van der Waals surface area contributed by atoms with Crippen molar-refractivity contribution in [1.29, 1.82) is 5.41 Å². The molecule has 0 unspecified atom stereocenters. The van der Waals surface area contributed by atoms with E-state index in [1.54, 1.807) is 24.5 Å². The van der Waals surface area contributed by atoms with Gasteiger partial charge in [0.1, 0.15) is 23.2 Å². The van der Waals surface area contributed by atoms with Gasteiger partial charge in [0.15, 0.2) is 0 Å². The van der Waals surface area contributed by atoms with E-state index in [0.29, 0.717) is 5.69 Å². The number of H-pyrrole nitrogens is 1. The van der Waals surface area contributed by atoms with Crippen LogP contribution in [0.15, 0.2) is 53.3 Å². The lowest BCUT2D eigenvalue weighted by molar-refractivity contribution is 0.411. The maximum absolute atomic E-state index is 13.4. The second-order valence-electron chi connectivity index (χ2n) is 5.54. The molecule has 1 aromatic carbocycles. The molecule has 2 aromatic heterocycles. The molecule has 0 spiro atoms. The predicted octanol–water partition coefficient (Wildman–Crippen LogP) is 2.22. The molecule has 1 aliphatic heterocycles. The molecule has 25 heavy (non-hydrogen) atoms. The first-order chi connectivity index (χ1) is 12.0. The highest BCUT2D eigenvalue weighted by atomic mass is 19.1. The lowest BCUT2D eigenvalue weighted by Crippen LogP contribution is -2.26. The largest absolute Gasteiger partial charge is 0.509 e. The number of aromatic amines is 1. The molecule has 0 saturated carbocycles. The average molecular weight is 337 g/mol. The Morgan fingerprint density at radius 1 is 1.32 bits per heavy atom. The molecule has 3 aromatic rings. The summed E-state index contributed by atoms with van der Waals surface area (Å²) in [7, 11) is 0. The van der Waals surface area contributed by atoms with Gasteiger partial charge < -0.3 is 15.0 Å². The summed E-state index contributed by atoms with van der Waals surface area (Å²) in [5.74, 6) is -0.623. The third-order valence-corrected chi connectivity index (χ3v) is 3.97. The van der Waals surface area contributed by atoms with E-state index in [4.69, 9.17) is 5.41 Å². The minimum absolute atomic E-state index is 0.0237. The van der Waals surface area contributed by atoms with Crippen LogP contribution in [0.1, 0.15) is 5.82 Å². The first-order valence-electron chi connectivity index (χ1n) is 7.43. The standard InChI is InChI=1S/C17H12FN5O2/c18-9-3-4-11-12(6-9)21-16(22-17(11)25)14-13(24)8-23(15(14)19)10-2-1-5-20-7-10/h1-7,19,24H,8H2,(H,21,22,25). The van der Waals surface area contributed by atoms with Crippen LogP contribution < -0.4 is 10.5 Å². The van der Waals surface area contributed by atoms with E-state index in [2.05, 4.69) is 15.0 Å². The Kier molecular flexibility index (Phi) is 3.31. The summed E-state index contributed by atoms with van der Waals surface area (Å²) < 4.78 is 13.4. The minimum atomic E-state index is -0.520. The molecular weight excluding hydrogens is 325 g/mol. The predicted molar refractivity (Wildman–Crippen MR) is 91.2 cm³/mol. The summed E-state index contributed by atoms with van der Waals surface area (Å²) in [5, 5.41) is 18.9. The van der Waals surface area contributed by atoms with Crippen LogP contribution in [0.5, 0.6) is 0 Å². The van der Waals surface area contributed by atoms with Gasteiger partial charge in [-0.2, -0.15) is 0 Å². The SMILES string of the molecule is N=C1C(c2nc3cc(F)ccc3c(=O)[nH]2)=C(O)CN1c1cccnc1. The van der Waals surface area contributed by atoms with Crippen molar-refractivity contribution in [2.75, 3.05) is 11.4 Å². The first kappa shape index (κ1) is 15.0. The fraction of sp³-hybridized carbons (Fsp3) is 0.0588. The Morgan fingerprint density at radius 2 is 2.16 bits per heavy atom. The summed E-state index contributed by atoms with van der Waals surface area (Å²) in [5.41, 5.74) is 0.426. The average Bonchev–Trinajstić information content (AvgIpc) is 2.89. The summed E-state index contributed by atoms with van der Waals surface area (Å²) >= 11 is 0. The zero-order valence-electron chi connectivity index (χ0n) is 12.8. The molecular formula is C17H12FN5O2. The number of fused-ring (bicyclic) bond motifs is 1. The Hall–Kier alpha value is -3.55. The van der Waals surface area contributed by atoms with Crippen LogP contribution in [0.3, 0.4) is 0 Å². The van der Waals surface area contributed by atoms with E-state index >= 15 is 0 Å². The molecule has 3 N–H and O–H groups in total. The third-order valence-electron chi connectivity index (χ3n) is 3.97. The number of aromatic nitrogens is 3. The lowest BCUT2D eigenvalue weighted by Gasteiger charge is -2.17. The lowest BCUT2D eigenvalue weighted by atomic mass is 10.2. The van der Waals surface area contributed by atoms with Crippen molar-refractivity contribution in [1.82, 2.24) is 15.0 Å². The molecule has 0 aliphatic carbocycles. The Morgan fingerprint density at radius 3 is 2.92 bits per heavy atom. The van der Waals surface area contributed by atoms with E-state index in [0.717, 1.165) is 6.07 Å². The number of aliphatic hydroxyl groups excluding tert-OH is 1. The molecule has 8 heteroatoms. The van der Waals surface area contributed by atoms with E-state index in [9.17, 15) is 14.3 Å². The number of amidine groups is 1. The number of aliphatic hydroxyl groups is 1. The van der Waals surface area contributed by atoms with Crippen LogP contribution in [0.4, 0.5) is 10.1 Å². The molecule has 0 bridgehead atoms. The van der Waals surface area contributed by atoms with Crippen LogP contribution in [0, 0.1) is 11.2 Å². The number of hydrogen-bond acceptors (Lipinski definition) is 5. The Balaban J connectivity index is 1.82. The van der Waals surface area contributed by atoms with Gasteiger partial charge in [-0.25, -0.2) is 9.37 Å². The van der Waals surface area contributed by atoms with E-state index in [-0.39, 0.29) is 40.4 Å². The molecule has 0 atom stereocenters. The second kappa shape index (κ2) is 5.52. The van der Waals surface area contributed by atoms with E-state index < -0.39 is 11.4 Å². The number of anilines is 1. The van der Waals surface area contributed by atoms with Gasteiger partial charge in [-0.15, -0.1) is 0 Å². The summed E-state index contributed by atoms with van der Waals surface area (Å²) in [4.78, 5) is 24.5. The summed E-state index contributed by atoms with van der Waals surface area (Å²) in [6.07, 6.45) is 3.17. The van der Waals surface area contributed by atoms with E-state index in [1.165, 1.54) is 17.0 Å². The van der Waals surface area contributed by atoms with E-state index in [1.807, 2.05) is 0 Å². The number of halogens is 1. The van der Waals surface area contributed by atoms with Crippen LogP contribution >= 0.6 is 0 Å². The highest BCUT2D eigenvalue weighted by Crippen LogP contribution is 2.29. The van der Waals surface area contributed by atoms with Gasteiger partial charge in [0.25, 0.3) is 5.56 Å². The highest BCUT2D eigenvalue weighted by molar-refractivity contribution is 6.30. The maximum Gasteiger partial charge on any atom is 0.259 e. The van der Waals surface area contributed by atoms with Gasteiger partial charge in [0.05, 0.1) is 34.9 Å². The zero-order chi connectivity index (χ0) is 17.6. The molecule has 1 aliphatic rings. The Bertz CT molecular complexity index is 1090. The van der Waals surface area contributed by atoms with Crippen LogP contribution in [-0.4, -0.2) is 32.4 Å². The molecule has 124 valence electrons. The maximum atomic E-state index is 13.4. The molecule has 3 heterocycles. The Labute approximate surface area is 140 Å². The normalized spacial score (nSPS) is 14.6. The van der Waals surface area contributed by atoms with Crippen molar-refractivity contribution >= 4 is 28.0 Å². The molecule has 4 rings (SSSR count). The van der Waals surface area contributed by atoms with Crippen molar-refractivity contribution < 1.29 is 9.50 Å². The molecule has 0 fully saturated rings. The number of hydrogen-bond donors (Lipinski definition) is 3. The van der Waals surface area contributed by atoms with Gasteiger partial charge in [-0.05, 0) is 24.3 Å². The molecule has 7 nitrogen and oxygen atoms in total. The summed E-state index contributed by atoms with van der Waals surface area (Å²) in [6.45, 7) is 0.0603. The van der Waals surface area contributed by atoms with Crippen LogP contribution in [0.2, 0.25) is 0 Å². The molecule has 0 amide bonds. The quantitative estimate of drug-likeness (QED) is 0.665. The van der Waals surface area contributed by atoms with Crippen LogP contribution in [-0.2, 0) is 0 Å². The van der Waals surface area contributed by atoms with Gasteiger partial charge in [-0.3, -0.25) is 15.2 Å². The van der Waals surface area contributed by atoms with Gasteiger partial charge in [0, 0.05) is 12.3 Å². The fourth-order valence-corrected chi connectivity index (χ4v) is 2.79. The van der Waals surface area contributed by atoms with Crippen molar-refractivity contribution in [3.63, 3.8) is 0 Å². The van der Waals surface area contributed by atoms with Crippen LogP contribution in [0.25, 0.3) is 16.5 Å². The fourth-order valence-electron chi connectivity index (χ4n) is 2.79. The van der Waals surface area contributed by atoms with Crippen molar-refractivity contribution in [3.05, 3.63) is 70.5 Å². The zero-order valence-corrected chi connectivity index (χ0v) is 12.8. The van der Waals surface area contributed by atoms with Gasteiger partial charge >= 0.3 is 0 Å². The second-order valence-corrected chi connectivity index (χ2v) is 5.54. The highest BCUT2D eigenvalue weighted by Gasteiger charge is 2.31. The van der Waals surface area contributed by atoms with Crippen molar-refractivity contribution in [2.45, 2.75) is 0 Å². The van der Waals surface area contributed by atoms with Crippen molar-refractivity contribution in [3.8, 4) is 0 Å². The minimum Gasteiger partial charge on any atom is -0.509 e. The molecule has 0 radical (unpaired) electrons. The number of rotatable bonds is 2. The number of pyridine rings is 1. The first-order valence-corrected chi connectivity index (χ1v) is 7.43.